The first-order valence-electron chi connectivity index (χ1n) is 5.05. The minimum absolute atomic E-state index is 0.777. The Balaban J connectivity index is 2.07. The van der Waals surface area contributed by atoms with Gasteiger partial charge in [-0.2, -0.15) is 0 Å². The number of nitrogens with zero attached hydrogens (tertiary/aromatic N) is 2. The van der Waals surface area contributed by atoms with Gasteiger partial charge in [-0.1, -0.05) is 30.3 Å². The Bertz CT molecular complexity index is 469. The van der Waals surface area contributed by atoms with Crippen LogP contribution in [0.2, 0.25) is 0 Å². The Morgan fingerprint density at radius 2 is 2.06 bits per heavy atom. The molecule has 0 radical (unpaired) electrons. The molecule has 0 amide bonds. The first-order chi connectivity index (χ1) is 7.88. The van der Waals surface area contributed by atoms with Gasteiger partial charge in [0, 0.05) is 18.9 Å². The summed E-state index contributed by atoms with van der Waals surface area (Å²) in [5, 5.41) is 0. The molecule has 3 heteroatoms. The maximum absolute atomic E-state index is 10.2. The van der Waals surface area contributed by atoms with Gasteiger partial charge in [-0.05, 0) is 17.2 Å². The molecule has 0 aliphatic rings. The van der Waals surface area contributed by atoms with Crippen LogP contribution in [0.25, 0.3) is 6.08 Å². The monoisotopic (exact) mass is 212 g/mol. The van der Waals surface area contributed by atoms with Crippen LogP contribution in [0, 0.1) is 0 Å². The zero-order chi connectivity index (χ0) is 11.2. The minimum Gasteiger partial charge on any atom is -0.333 e. The lowest BCUT2D eigenvalue weighted by molar-refractivity contribution is -0.104. The number of hydrogen-bond donors (Lipinski definition) is 0. The molecular weight excluding hydrogens is 200 g/mol. The number of carbonyl (C=O) groups excluding carboxylic acids is 1. The van der Waals surface area contributed by atoms with E-state index in [0.717, 1.165) is 18.4 Å². The highest BCUT2D eigenvalue weighted by Crippen LogP contribution is 2.07. The SMILES string of the molecule is O=C/C=C/c1ccc(Cn2ccnc2)cc1. The minimum atomic E-state index is 0.777. The van der Waals surface area contributed by atoms with Crippen LogP contribution in [0.5, 0.6) is 0 Å². The zero-order valence-corrected chi connectivity index (χ0v) is 8.78. The van der Waals surface area contributed by atoms with Crippen molar-refractivity contribution in [2.45, 2.75) is 6.54 Å². The third-order valence-corrected chi connectivity index (χ3v) is 2.27. The van der Waals surface area contributed by atoms with Gasteiger partial charge in [0.15, 0.2) is 0 Å². The summed E-state index contributed by atoms with van der Waals surface area (Å²) in [6.07, 6.45) is 9.54. The van der Waals surface area contributed by atoms with Gasteiger partial charge in [-0.3, -0.25) is 4.79 Å². The topological polar surface area (TPSA) is 34.9 Å². The quantitative estimate of drug-likeness (QED) is 0.575. The molecule has 0 spiro atoms. The summed E-state index contributed by atoms with van der Waals surface area (Å²) in [5.41, 5.74) is 2.24. The van der Waals surface area contributed by atoms with Gasteiger partial charge in [0.05, 0.1) is 6.33 Å². The van der Waals surface area contributed by atoms with Crippen LogP contribution < -0.4 is 0 Å². The number of imidazole rings is 1. The van der Waals surface area contributed by atoms with Crippen LogP contribution in [0.1, 0.15) is 11.1 Å². The zero-order valence-electron chi connectivity index (χ0n) is 8.78. The molecular formula is C13H12N2O. The van der Waals surface area contributed by atoms with Gasteiger partial charge in [-0.25, -0.2) is 4.98 Å². The summed E-state index contributed by atoms with van der Waals surface area (Å²) in [4.78, 5) is 14.1. The summed E-state index contributed by atoms with van der Waals surface area (Å²) in [6, 6.07) is 8.08. The number of hydrogen-bond acceptors (Lipinski definition) is 2. The molecule has 1 aromatic heterocycles. The molecule has 0 aliphatic carbocycles. The first kappa shape index (κ1) is 10.4. The Kier molecular flexibility index (Phi) is 3.28. The van der Waals surface area contributed by atoms with Crippen molar-refractivity contribution in [1.29, 1.82) is 0 Å². The van der Waals surface area contributed by atoms with Crippen molar-refractivity contribution in [2.24, 2.45) is 0 Å². The second-order valence-electron chi connectivity index (χ2n) is 3.47. The molecule has 80 valence electrons. The summed E-state index contributed by atoms with van der Waals surface area (Å²) < 4.78 is 2.01. The van der Waals surface area contributed by atoms with Crippen LogP contribution in [-0.4, -0.2) is 15.8 Å². The van der Waals surface area contributed by atoms with E-state index in [9.17, 15) is 4.79 Å². The average molecular weight is 212 g/mol. The maximum Gasteiger partial charge on any atom is 0.142 e. The van der Waals surface area contributed by atoms with Crippen LogP contribution in [0.4, 0.5) is 0 Å². The summed E-state index contributed by atoms with van der Waals surface area (Å²) in [6.45, 7) is 0.817. The molecule has 0 atom stereocenters. The number of rotatable bonds is 4. The van der Waals surface area contributed by atoms with Crippen molar-refractivity contribution in [2.75, 3.05) is 0 Å². The maximum atomic E-state index is 10.2. The molecule has 0 aliphatic heterocycles. The first-order valence-corrected chi connectivity index (χ1v) is 5.05. The van der Waals surface area contributed by atoms with E-state index in [1.165, 1.54) is 11.6 Å². The lowest BCUT2D eigenvalue weighted by Gasteiger charge is -2.02. The van der Waals surface area contributed by atoms with E-state index >= 15 is 0 Å². The molecule has 0 bridgehead atoms. The summed E-state index contributed by atoms with van der Waals surface area (Å²) >= 11 is 0. The van der Waals surface area contributed by atoms with Crippen molar-refractivity contribution in [3.05, 3.63) is 60.2 Å². The fourth-order valence-electron chi connectivity index (χ4n) is 1.48. The third kappa shape index (κ3) is 2.67. The molecule has 16 heavy (non-hydrogen) atoms. The Labute approximate surface area is 94.1 Å². The van der Waals surface area contributed by atoms with E-state index in [2.05, 4.69) is 4.98 Å². The van der Waals surface area contributed by atoms with Crippen molar-refractivity contribution in [3.63, 3.8) is 0 Å². The average Bonchev–Trinajstić information content (AvgIpc) is 2.81. The number of aromatic nitrogens is 2. The van der Waals surface area contributed by atoms with Gasteiger partial charge in [0.25, 0.3) is 0 Å². The molecule has 3 nitrogen and oxygen atoms in total. The predicted molar refractivity (Wildman–Crippen MR) is 62.9 cm³/mol. The normalized spacial score (nSPS) is 10.8. The molecule has 2 aromatic rings. The van der Waals surface area contributed by atoms with Gasteiger partial charge in [-0.15, -0.1) is 0 Å². The largest absolute Gasteiger partial charge is 0.333 e. The lowest BCUT2D eigenvalue weighted by atomic mass is 10.1. The molecule has 1 aromatic carbocycles. The molecule has 2 rings (SSSR count). The van der Waals surface area contributed by atoms with Gasteiger partial charge in [0.1, 0.15) is 6.29 Å². The van der Waals surface area contributed by atoms with Crippen molar-refractivity contribution >= 4 is 12.4 Å². The summed E-state index contributed by atoms with van der Waals surface area (Å²) in [7, 11) is 0. The lowest BCUT2D eigenvalue weighted by Crippen LogP contribution is -1.95. The molecule has 1 heterocycles. The van der Waals surface area contributed by atoms with E-state index < -0.39 is 0 Å². The predicted octanol–water partition coefficient (Wildman–Crippen LogP) is 2.14. The Morgan fingerprint density at radius 3 is 2.69 bits per heavy atom. The highest BCUT2D eigenvalue weighted by atomic mass is 16.1. The molecule has 0 saturated carbocycles. The smallest absolute Gasteiger partial charge is 0.142 e. The van der Waals surface area contributed by atoms with Crippen molar-refractivity contribution in [1.82, 2.24) is 9.55 Å². The van der Waals surface area contributed by atoms with Crippen molar-refractivity contribution in [3.8, 4) is 0 Å². The van der Waals surface area contributed by atoms with E-state index in [1.807, 2.05) is 35.0 Å². The second kappa shape index (κ2) is 5.07. The molecule has 0 fully saturated rings. The van der Waals surface area contributed by atoms with Crippen LogP contribution in [0.15, 0.2) is 49.1 Å². The van der Waals surface area contributed by atoms with Gasteiger partial charge >= 0.3 is 0 Å². The Morgan fingerprint density at radius 1 is 1.25 bits per heavy atom. The van der Waals surface area contributed by atoms with E-state index in [0.29, 0.717) is 0 Å². The molecule has 0 saturated heterocycles. The molecule has 0 unspecified atom stereocenters. The van der Waals surface area contributed by atoms with E-state index in [4.69, 9.17) is 0 Å². The highest BCUT2D eigenvalue weighted by Gasteiger charge is 1.94. The number of benzene rings is 1. The number of allylic oxidation sites excluding steroid dienone is 1. The van der Waals surface area contributed by atoms with Crippen LogP contribution >= 0.6 is 0 Å². The second-order valence-corrected chi connectivity index (χ2v) is 3.47. The van der Waals surface area contributed by atoms with Gasteiger partial charge < -0.3 is 4.57 Å². The fraction of sp³-hybridized carbons (Fsp3) is 0.0769. The number of aldehydes is 1. The van der Waals surface area contributed by atoms with Crippen molar-refractivity contribution < 1.29 is 4.79 Å². The fourth-order valence-corrected chi connectivity index (χ4v) is 1.48. The Hall–Kier alpha value is -2.16. The van der Waals surface area contributed by atoms with E-state index in [1.54, 1.807) is 18.6 Å². The standard InChI is InChI=1S/C13H12N2O/c16-9-1-2-12-3-5-13(6-4-12)10-15-8-7-14-11-15/h1-9,11H,10H2/b2-1+. The summed E-state index contributed by atoms with van der Waals surface area (Å²) in [5.74, 6) is 0. The highest BCUT2D eigenvalue weighted by molar-refractivity contribution is 5.73. The van der Waals surface area contributed by atoms with E-state index in [-0.39, 0.29) is 0 Å². The third-order valence-electron chi connectivity index (χ3n) is 2.27. The van der Waals surface area contributed by atoms with Crippen LogP contribution in [-0.2, 0) is 11.3 Å². The van der Waals surface area contributed by atoms with Gasteiger partial charge in [0.2, 0.25) is 0 Å². The number of carbonyl (C=O) groups is 1. The molecule has 0 N–H and O–H groups in total. The van der Waals surface area contributed by atoms with Crippen LogP contribution in [0.3, 0.4) is 0 Å².